The van der Waals surface area contributed by atoms with Crippen LogP contribution in [0.4, 0.5) is 5.69 Å². The molecule has 2 rings (SSSR count). The fraction of sp³-hybridized carbons (Fsp3) is 0.571. The smallest absolute Gasteiger partial charge is 0.253 e. The first-order valence-electron chi connectivity index (χ1n) is 6.87. The Hall–Kier alpha value is -1.62. The summed E-state index contributed by atoms with van der Waals surface area (Å²) in [6, 6.07) is 1.74. The minimum absolute atomic E-state index is 0.0262. The summed E-state index contributed by atoms with van der Waals surface area (Å²) in [5.74, 6) is 0.547. The van der Waals surface area contributed by atoms with Crippen LogP contribution in [-0.4, -0.2) is 49.0 Å². The van der Waals surface area contributed by atoms with Gasteiger partial charge in [0.1, 0.15) is 0 Å². The van der Waals surface area contributed by atoms with E-state index in [0.717, 1.165) is 31.9 Å². The van der Waals surface area contributed by atoms with Crippen LogP contribution in [0.25, 0.3) is 0 Å². The van der Waals surface area contributed by atoms with Gasteiger partial charge in [0, 0.05) is 26.3 Å². The molecule has 1 fully saturated rings. The average Bonchev–Trinajstić information content (AvgIpc) is 2.92. The second kappa shape index (κ2) is 6.52. The first-order chi connectivity index (χ1) is 9.24. The normalized spacial score (nSPS) is 19.4. The SMILES string of the molecule is CCN1CCC(CNC(=O)c2ccncc2NC)C1. The van der Waals surface area contributed by atoms with Crippen LogP contribution >= 0.6 is 0 Å². The van der Waals surface area contributed by atoms with Gasteiger partial charge in [-0.25, -0.2) is 0 Å². The molecule has 1 amide bonds. The lowest BCUT2D eigenvalue weighted by molar-refractivity contribution is 0.0948. The Balaban J connectivity index is 1.88. The van der Waals surface area contributed by atoms with Gasteiger partial charge in [0.15, 0.2) is 0 Å². The molecule has 1 unspecified atom stereocenters. The van der Waals surface area contributed by atoms with E-state index in [1.165, 1.54) is 6.42 Å². The van der Waals surface area contributed by atoms with Gasteiger partial charge in [-0.15, -0.1) is 0 Å². The van der Waals surface area contributed by atoms with Crippen molar-refractivity contribution in [1.29, 1.82) is 0 Å². The molecule has 5 heteroatoms. The number of nitrogens with one attached hydrogen (secondary N) is 2. The van der Waals surface area contributed by atoms with Crippen molar-refractivity contribution >= 4 is 11.6 Å². The van der Waals surface area contributed by atoms with Crippen molar-refractivity contribution < 1.29 is 4.79 Å². The van der Waals surface area contributed by atoms with Crippen LogP contribution in [-0.2, 0) is 0 Å². The lowest BCUT2D eigenvalue weighted by Crippen LogP contribution is -2.31. The Bertz CT molecular complexity index is 435. The molecule has 2 N–H and O–H groups in total. The van der Waals surface area contributed by atoms with Crippen molar-refractivity contribution in [1.82, 2.24) is 15.2 Å². The van der Waals surface area contributed by atoms with Crippen LogP contribution in [0.1, 0.15) is 23.7 Å². The molecule has 0 aromatic carbocycles. The van der Waals surface area contributed by atoms with Crippen LogP contribution in [0, 0.1) is 5.92 Å². The molecule has 1 aromatic rings. The minimum atomic E-state index is -0.0262. The molecule has 0 radical (unpaired) electrons. The molecule has 1 aliphatic rings. The fourth-order valence-electron chi connectivity index (χ4n) is 2.49. The number of likely N-dealkylation sites (tertiary alicyclic amines) is 1. The number of amides is 1. The monoisotopic (exact) mass is 262 g/mol. The van der Waals surface area contributed by atoms with Crippen LogP contribution in [0.15, 0.2) is 18.5 Å². The Kier molecular flexibility index (Phi) is 4.74. The molecule has 5 nitrogen and oxygen atoms in total. The van der Waals surface area contributed by atoms with Gasteiger partial charge in [0.25, 0.3) is 5.91 Å². The van der Waals surface area contributed by atoms with Gasteiger partial charge in [0.05, 0.1) is 17.4 Å². The van der Waals surface area contributed by atoms with Crippen molar-refractivity contribution in [2.24, 2.45) is 5.92 Å². The summed E-state index contributed by atoms with van der Waals surface area (Å²) in [6.07, 6.45) is 4.48. The lowest BCUT2D eigenvalue weighted by atomic mass is 10.1. The zero-order chi connectivity index (χ0) is 13.7. The number of rotatable bonds is 5. The maximum atomic E-state index is 12.1. The molecule has 104 valence electrons. The van der Waals surface area contributed by atoms with E-state index in [1.54, 1.807) is 25.5 Å². The van der Waals surface area contributed by atoms with Crippen LogP contribution in [0.5, 0.6) is 0 Å². The van der Waals surface area contributed by atoms with E-state index in [-0.39, 0.29) is 5.91 Å². The molecular formula is C14H22N4O. The molecule has 0 spiro atoms. The largest absolute Gasteiger partial charge is 0.386 e. The van der Waals surface area contributed by atoms with Crippen LogP contribution < -0.4 is 10.6 Å². The molecule has 0 aliphatic carbocycles. The van der Waals surface area contributed by atoms with Gasteiger partial charge in [-0.1, -0.05) is 6.92 Å². The fourth-order valence-corrected chi connectivity index (χ4v) is 2.49. The molecule has 0 bridgehead atoms. The van der Waals surface area contributed by atoms with Gasteiger partial charge in [-0.05, 0) is 31.5 Å². The Morgan fingerprint density at radius 3 is 3.11 bits per heavy atom. The zero-order valence-electron chi connectivity index (χ0n) is 11.6. The number of hydrogen-bond acceptors (Lipinski definition) is 4. The second-order valence-electron chi connectivity index (χ2n) is 4.93. The van der Waals surface area contributed by atoms with E-state index in [2.05, 4.69) is 27.4 Å². The number of hydrogen-bond donors (Lipinski definition) is 2. The van der Waals surface area contributed by atoms with E-state index in [1.807, 2.05) is 0 Å². The number of carbonyl (C=O) groups excluding carboxylic acids is 1. The second-order valence-corrected chi connectivity index (χ2v) is 4.93. The van der Waals surface area contributed by atoms with Crippen molar-refractivity contribution in [3.8, 4) is 0 Å². The van der Waals surface area contributed by atoms with E-state index < -0.39 is 0 Å². The van der Waals surface area contributed by atoms with Gasteiger partial charge >= 0.3 is 0 Å². The van der Waals surface area contributed by atoms with E-state index in [4.69, 9.17) is 0 Å². The first kappa shape index (κ1) is 13.8. The third-order valence-electron chi connectivity index (χ3n) is 3.70. The maximum Gasteiger partial charge on any atom is 0.253 e. The summed E-state index contributed by atoms with van der Waals surface area (Å²) in [6.45, 7) is 6.26. The van der Waals surface area contributed by atoms with E-state index in [0.29, 0.717) is 11.5 Å². The molecular weight excluding hydrogens is 240 g/mol. The predicted octanol–water partition coefficient (Wildman–Crippen LogP) is 1.19. The van der Waals surface area contributed by atoms with Gasteiger partial charge in [-0.2, -0.15) is 0 Å². The van der Waals surface area contributed by atoms with Gasteiger partial charge < -0.3 is 15.5 Å². The average molecular weight is 262 g/mol. The van der Waals surface area contributed by atoms with Crippen LogP contribution in [0.2, 0.25) is 0 Å². The molecule has 1 aromatic heterocycles. The topological polar surface area (TPSA) is 57.3 Å². The number of anilines is 1. The molecule has 19 heavy (non-hydrogen) atoms. The molecule has 2 heterocycles. The van der Waals surface area contributed by atoms with Crippen LogP contribution in [0.3, 0.4) is 0 Å². The molecule has 1 saturated heterocycles. The minimum Gasteiger partial charge on any atom is -0.386 e. The standard InChI is InChI=1S/C14H22N4O/c1-3-18-7-5-11(10-18)8-17-14(19)12-4-6-16-9-13(12)15-2/h4,6,9,11,15H,3,5,7-8,10H2,1-2H3,(H,17,19). The third kappa shape index (κ3) is 3.44. The summed E-state index contributed by atoms with van der Waals surface area (Å²) in [7, 11) is 1.80. The van der Waals surface area contributed by atoms with E-state index in [9.17, 15) is 4.79 Å². The summed E-state index contributed by atoms with van der Waals surface area (Å²) in [4.78, 5) is 18.6. The zero-order valence-corrected chi connectivity index (χ0v) is 11.6. The van der Waals surface area contributed by atoms with Crippen molar-refractivity contribution in [3.63, 3.8) is 0 Å². The van der Waals surface area contributed by atoms with Gasteiger partial charge in [0.2, 0.25) is 0 Å². The summed E-state index contributed by atoms with van der Waals surface area (Å²) >= 11 is 0. The highest BCUT2D eigenvalue weighted by molar-refractivity contribution is 5.99. The Morgan fingerprint density at radius 1 is 1.58 bits per heavy atom. The van der Waals surface area contributed by atoms with Crippen molar-refractivity contribution in [2.45, 2.75) is 13.3 Å². The van der Waals surface area contributed by atoms with Gasteiger partial charge in [-0.3, -0.25) is 9.78 Å². The number of aromatic nitrogens is 1. The maximum absolute atomic E-state index is 12.1. The Labute approximate surface area is 114 Å². The Morgan fingerprint density at radius 2 is 2.42 bits per heavy atom. The molecule has 1 aliphatic heterocycles. The van der Waals surface area contributed by atoms with Crippen molar-refractivity contribution in [3.05, 3.63) is 24.0 Å². The number of nitrogens with zero attached hydrogens (tertiary/aromatic N) is 2. The van der Waals surface area contributed by atoms with Crippen molar-refractivity contribution in [2.75, 3.05) is 38.5 Å². The highest BCUT2D eigenvalue weighted by Gasteiger charge is 2.21. The molecule has 1 atom stereocenters. The summed E-state index contributed by atoms with van der Waals surface area (Å²) in [5.41, 5.74) is 1.42. The molecule has 0 saturated carbocycles. The number of pyridine rings is 1. The lowest BCUT2D eigenvalue weighted by Gasteiger charge is -2.14. The quantitative estimate of drug-likeness (QED) is 0.837. The third-order valence-corrected chi connectivity index (χ3v) is 3.70. The summed E-state index contributed by atoms with van der Waals surface area (Å²) < 4.78 is 0. The summed E-state index contributed by atoms with van der Waals surface area (Å²) in [5, 5.41) is 6.02. The predicted molar refractivity (Wildman–Crippen MR) is 76.3 cm³/mol. The number of carbonyl (C=O) groups is 1. The first-order valence-corrected chi connectivity index (χ1v) is 6.87. The highest BCUT2D eigenvalue weighted by Crippen LogP contribution is 2.16. The highest BCUT2D eigenvalue weighted by atomic mass is 16.1. The van der Waals surface area contributed by atoms with E-state index >= 15 is 0 Å².